The molecule has 1 fully saturated rings. The molecular formula is C13H20N8O. The van der Waals surface area contributed by atoms with Crippen LogP contribution in [0, 0.1) is 0 Å². The highest BCUT2D eigenvalue weighted by Gasteiger charge is 2.23. The predicted octanol–water partition coefficient (Wildman–Crippen LogP) is 0.647. The zero-order valence-electron chi connectivity index (χ0n) is 12.6. The number of carbonyl (C=O) groups excluding carboxylic acids is 1. The molecule has 2 aromatic heterocycles. The summed E-state index contributed by atoms with van der Waals surface area (Å²) in [6.07, 6.45) is 8.40. The van der Waals surface area contributed by atoms with Crippen molar-refractivity contribution in [2.75, 3.05) is 0 Å². The Balaban J connectivity index is 1.56. The molecule has 3 rings (SSSR count). The van der Waals surface area contributed by atoms with E-state index in [4.69, 9.17) is 0 Å². The molecule has 9 heteroatoms. The first-order valence-electron chi connectivity index (χ1n) is 7.63. The van der Waals surface area contributed by atoms with Gasteiger partial charge in [-0.1, -0.05) is 12.8 Å². The average Bonchev–Trinajstić information content (AvgIpc) is 3.24. The molecule has 1 aliphatic rings. The molecule has 1 saturated carbocycles. The van der Waals surface area contributed by atoms with Crippen LogP contribution in [0.2, 0.25) is 0 Å². The van der Waals surface area contributed by atoms with Crippen molar-refractivity contribution in [1.82, 2.24) is 40.3 Å². The van der Waals surface area contributed by atoms with Gasteiger partial charge >= 0.3 is 0 Å². The Morgan fingerprint density at radius 3 is 2.91 bits per heavy atom. The molecule has 22 heavy (non-hydrogen) atoms. The van der Waals surface area contributed by atoms with E-state index in [1.165, 1.54) is 23.9 Å². The summed E-state index contributed by atoms with van der Waals surface area (Å²) in [7, 11) is 0. The molecule has 0 saturated heterocycles. The van der Waals surface area contributed by atoms with E-state index in [9.17, 15) is 4.79 Å². The predicted molar refractivity (Wildman–Crippen MR) is 76.5 cm³/mol. The highest BCUT2D eigenvalue weighted by molar-refractivity contribution is 5.76. The molecule has 9 nitrogen and oxygen atoms in total. The number of carbonyl (C=O) groups is 1. The van der Waals surface area contributed by atoms with E-state index in [2.05, 4.69) is 35.6 Å². The molecule has 0 radical (unpaired) electrons. The highest BCUT2D eigenvalue weighted by atomic mass is 16.1. The third-order valence-electron chi connectivity index (χ3n) is 4.04. The number of rotatable bonds is 6. The number of hydrogen-bond acceptors (Lipinski definition) is 6. The van der Waals surface area contributed by atoms with E-state index in [1.807, 2.05) is 6.92 Å². The first-order valence-corrected chi connectivity index (χ1v) is 7.63. The van der Waals surface area contributed by atoms with Crippen molar-refractivity contribution < 1.29 is 4.79 Å². The molecule has 2 heterocycles. The van der Waals surface area contributed by atoms with Crippen LogP contribution in [0.1, 0.15) is 56.9 Å². The van der Waals surface area contributed by atoms with Gasteiger partial charge in [0.1, 0.15) is 12.7 Å². The number of aromatic nitrogens is 7. The van der Waals surface area contributed by atoms with Gasteiger partial charge in [-0.2, -0.15) is 0 Å². The highest BCUT2D eigenvalue weighted by Crippen LogP contribution is 2.31. The smallest absolute Gasteiger partial charge is 0.222 e. The van der Waals surface area contributed by atoms with Gasteiger partial charge in [0, 0.05) is 12.5 Å². The van der Waals surface area contributed by atoms with Crippen LogP contribution in [0.4, 0.5) is 0 Å². The van der Waals surface area contributed by atoms with Gasteiger partial charge < -0.3 is 9.88 Å². The van der Waals surface area contributed by atoms with Gasteiger partial charge in [0.05, 0.1) is 12.6 Å². The topological polar surface area (TPSA) is 103 Å². The lowest BCUT2D eigenvalue weighted by Crippen LogP contribution is -2.30. The molecule has 0 unspecified atom stereocenters. The van der Waals surface area contributed by atoms with Crippen LogP contribution in [0.25, 0.3) is 0 Å². The Morgan fingerprint density at radius 2 is 2.18 bits per heavy atom. The summed E-state index contributed by atoms with van der Waals surface area (Å²) < 4.78 is 3.64. The number of hydrogen-bond donors (Lipinski definition) is 1. The Kier molecular flexibility index (Phi) is 4.40. The van der Waals surface area contributed by atoms with Crippen molar-refractivity contribution in [1.29, 1.82) is 0 Å². The Bertz CT molecular complexity index is 601. The second-order valence-corrected chi connectivity index (χ2v) is 5.65. The van der Waals surface area contributed by atoms with Crippen molar-refractivity contribution in [3.05, 3.63) is 18.5 Å². The Labute approximate surface area is 128 Å². The van der Waals surface area contributed by atoms with E-state index in [1.54, 1.807) is 6.33 Å². The van der Waals surface area contributed by atoms with Crippen molar-refractivity contribution in [3.63, 3.8) is 0 Å². The normalized spacial score (nSPS) is 16.8. The molecule has 1 atom stereocenters. The summed E-state index contributed by atoms with van der Waals surface area (Å²) in [4.78, 5) is 12.0. The summed E-state index contributed by atoms with van der Waals surface area (Å²) in [5.74, 6) is 0.770. The van der Waals surface area contributed by atoms with Crippen molar-refractivity contribution in [2.24, 2.45) is 0 Å². The second kappa shape index (κ2) is 6.63. The summed E-state index contributed by atoms with van der Waals surface area (Å²) in [5, 5.41) is 22.0. The average molecular weight is 304 g/mol. The lowest BCUT2D eigenvalue weighted by Gasteiger charge is -2.18. The standard InChI is InChI=1S/C13H20N8O/c1-10(16-12(22)6-7-20-8-15-18-19-20)13-17-14-9-21(13)11-4-2-3-5-11/h8-11H,2-7H2,1H3,(H,16,22)/t10-/m0/s1. The minimum Gasteiger partial charge on any atom is -0.346 e. The minimum absolute atomic E-state index is 0.0519. The second-order valence-electron chi connectivity index (χ2n) is 5.65. The van der Waals surface area contributed by atoms with E-state index in [0.29, 0.717) is 19.0 Å². The van der Waals surface area contributed by atoms with Crippen molar-refractivity contribution in [2.45, 2.75) is 57.7 Å². The van der Waals surface area contributed by atoms with Gasteiger partial charge in [0.2, 0.25) is 5.91 Å². The molecule has 2 aromatic rings. The van der Waals surface area contributed by atoms with Crippen LogP contribution in [-0.2, 0) is 11.3 Å². The first-order chi connectivity index (χ1) is 10.7. The Morgan fingerprint density at radius 1 is 1.36 bits per heavy atom. The maximum absolute atomic E-state index is 12.0. The largest absolute Gasteiger partial charge is 0.346 e. The molecule has 1 N–H and O–H groups in total. The van der Waals surface area contributed by atoms with Crippen LogP contribution in [0.15, 0.2) is 12.7 Å². The summed E-state index contributed by atoms with van der Waals surface area (Å²) in [6, 6.07) is 0.301. The fourth-order valence-electron chi connectivity index (χ4n) is 2.90. The quantitative estimate of drug-likeness (QED) is 0.840. The molecule has 0 aromatic carbocycles. The molecule has 1 aliphatic carbocycles. The number of tetrazole rings is 1. The summed E-state index contributed by atoms with van der Waals surface area (Å²) in [5.41, 5.74) is 0. The van der Waals surface area contributed by atoms with Gasteiger partial charge in [0.15, 0.2) is 5.82 Å². The fourth-order valence-corrected chi connectivity index (χ4v) is 2.90. The lowest BCUT2D eigenvalue weighted by atomic mass is 10.2. The van der Waals surface area contributed by atoms with Crippen LogP contribution in [0.5, 0.6) is 0 Å². The van der Waals surface area contributed by atoms with E-state index in [-0.39, 0.29) is 11.9 Å². The van der Waals surface area contributed by atoms with Crippen molar-refractivity contribution >= 4 is 5.91 Å². The summed E-state index contributed by atoms with van der Waals surface area (Å²) in [6.45, 7) is 2.39. The molecule has 118 valence electrons. The van der Waals surface area contributed by atoms with Gasteiger partial charge in [-0.25, -0.2) is 4.68 Å². The maximum Gasteiger partial charge on any atom is 0.222 e. The third-order valence-corrected chi connectivity index (χ3v) is 4.04. The van der Waals surface area contributed by atoms with Gasteiger partial charge in [-0.05, 0) is 30.2 Å². The maximum atomic E-state index is 12.0. The number of amides is 1. The monoisotopic (exact) mass is 304 g/mol. The molecule has 0 bridgehead atoms. The van der Waals surface area contributed by atoms with Gasteiger partial charge in [-0.15, -0.1) is 15.3 Å². The van der Waals surface area contributed by atoms with Crippen LogP contribution in [0.3, 0.4) is 0 Å². The zero-order valence-corrected chi connectivity index (χ0v) is 12.6. The fraction of sp³-hybridized carbons (Fsp3) is 0.692. The van der Waals surface area contributed by atoms with Crippen LogP contribution in [-0.4, -0.2) is 40.9 Å². The lowest BCUT2D eigenvalue weighted by molar-refractivity contribution is -0.122. The van der Waals surface area contributed by atoms with Gasteiger partial charge in [-0.3, -0.25) is 4.79 Å². The molecular weight excluding hydrogens is 284 g/mol. The van der Waals surface area contributed by atoms with Crippen LogP contribution < -0.4 is 5.32 Å². The first kappa shape index (κ1) is 14.6. The molecule has 1 amide bonds. The van der Waals surface area contributed by atoms with Gasteiger partial charge in [0.25, 0.3) is 0 Å². The number of aryl methyl sites for hydroxylation is 1. The van der Waals surface area contributed by atoms with E-state index in [0.717, 1.165) is 18.7 Å². The molecule has 0 aliphatic heterocycles. The minimum atomic E-state index is -0.163. The van der Waals surface area contributed by atoms with Crippen LogP contribution >= 0.6 is 0 Å². The van der Waals surface area contributed by atoms with E-state index < -0.39 is 0 Å². The number of nitrogens with zero attached hydrogens (tertiary/aromatic N) is 7. The number of nitrogens with one attached hydrogen (secondary N) is 1. The van der Waals surface area contributed by atoms with Crippen molar-refractivity contribution in [3.8, 4) is 0 Å². The SMILES string of the molecule is C[C@H](NC(=O)CCn1cnnn1)c1nncn1C1CCCC1. The molecule has 0 spiro atoms. The Hall–Kier alpha value is -2.32. The third kappa shape index (κ3) is 3.29. The van der Waals surface area contributed by atoms with E-state index >= 15 is 0 Å². The summed E-state index contributed by atoms with van der Waals surface area (Å²) >= 11 is 0. The zero-order chi connectivity index (χ0) is 15.4.